The molecule has 0 aromatic rings. The number of hydrogen-bond acceptors (Lipinski definition) is 2. The van der Waals surface area contributed by atoms with Crippen LogP contribution in [0, 0.1) is 0 Å². The minimum absolute atomic E-state index is 0.383. The predicted molar refractivity (Wildman–Crippen MR) is 40.6 cm³/mol. The highest BCUT2D eigenvalue weighted by atomic mass is 16.5. The van der Waals surface area contributed by atoms with E-state index in [1.54, 1.807) is 0 Å². The summed E-state index contributed by atoms with van der Waals surface area (Å²) in [6.07, 6.45) is 5.73. The number of carbonyl (C=O) groups excluding carboxylic acids is 1. The van der Waals surface area contributed by atoms with Gasteiger partial charge in [-0.1, -0.05) is 18.2 Å². The molecule has 0 rings (SSSR count). The number of carbonyl (C=O) groups is 1. The monoisotopic (exact) mass is 140 g/mol. The number of rotatable bonds is 4. The van der Waals surface area contributed by atoms with Crippen molar-refractivity contribution >= 4 is 6.47 Å². The molecule has 0 atom stereocenters. The van der Waals surface area contributed by atoms with Crippen LogP contribution in [0.3, 0.4) is 0 Å². The van der Waals surface area contributed by atoms with Gasteiger partial charge in [-0.3, -0.25) is 4.79 Å². The molecular weight excluding hydrogens is 128 g/mol. The van der Waals surface area contributed by atoms with E-state index in [0.29, 0.717) is 13.1 Å². The Morgan fingerprint density at radius 3 is 2.80 bits per heavy atom. The second kappa shape index (κ2) is 6.08. The van der Waals surface area contributed by atoms with E-state index < -0.39 is 0 Å². The molecule has 0 aliphatic heterocycles. The quantitative estimate of drug-likeness (QED) is 0.438. The third-order valence-electron chi connectivity index (χ3n) is 0.952. The first-order valence-electron chi connectivity index (χ1n) is 3.15. The second-order valence-corrected chi connectivity index (χ2v) is 1.95. The molecule has 0 saturated carbocycles. The van der Waals surface area contributed by atoms with Crippen molar-refractivity contribution in [1.29, 1.82) is 0 Å². The maximum absolute atomic E-state index is 9.72. The first kappa shape index (κ1) is 8.95. The lowest BCUT2D eigenvalue weighted by molar-refractivity contribution is -0.127. The van der Waals surface area contributed by atoms with Gasteiger partial charge in [0.25, 0.3) is 6.47 Å². The van der Waals surface area contributed by atoms with E-state index >= 15 is 0 Å². The number of hydrogen-bond donors (Lipinski definition) is 0. The van der Waals surface area contributed by atoms with Gasteiger partial charge in [-0.15, -0.1) is 0 Å². The third kappa shape index (κ3) is 5.09. The van der Waals surface area contributed by atoms with Crippen LogP contribution in [0.1, 0.15) is 13.8 Å². The molecule has 0 spiro atoms. The molecule has 0 aliphatic rings. The molecule has 0 N–H and O–H groups in total. The topological polar surface area (TPSA) is 26.3 Å². The zero-order valence-electron chi connectivity index (χ0n) is 6.33. The van der Waals surface area contributed by atoms with Gasteiger partial charge in [-0.05, 0) is 19.4 Å². The lowest BCUT2D eigenvalue weighted by atomic mass is 10.3. The average molecular weight is 140 g/mol. The summed E-state index contributed by atoms with van der Waals surface area (Å²) in [5.74, 6) is 0. The van der Waals surface area contributed by atoms with Crippen LogP contribution in [-0.2, 0) is 9.53 Å². The van der Waals surface area contributed by atoms with Crippen LogP contribution in [0.2, 0.25) is 0 Å². The van der Waals surface area contributed by atoms with Crippen LogP contribution >= 0.6 is 0 Å². The summed E-state index contributed by atoms with van der Waals surface area (Å²) in [4.78, 5) is 9.72. The molecular formula is C8H12O2. The van der Waals surface area contributed by atoms with Crippen molar-refractivity contribution in [3.8, 4) is 0 Å². The summed E-state index contributed by atoms with van der Waals surface area (Å²) in [5, 5.41) is 0. The van der Waals surface area contributed by atoms with E-state index in [2.05, 4.69) is 4.74 Å². The summed E-state index contributed by atoms with van der Waals surface area (Å²) < 4.78 is 4.51. The number of ether oxygens (including phenoxy) is 1. The van der Waals surface area contributed by atoms with Crippen LogP contribution in [0.25, 0.3) is 0 Å². The smallest absolute Gasteiger partial charge is 0.293 e. The Bertz CT molecular complexity index is 145. The zero-order chi connectivity index (χ0) is 7.82. The van der Waals surface area contributed by atoms with Crippen molar-refractivity contribution in [2.45, 2.75) is 13.8 Å². The first-order chi connectivity index (χ1) is 4.81. The fraction of sp³-hybridized carbons (Fsp3) is 0.375. The van der Waals surface area contributed by atoms with Crippen molar-refractivity contribution in [2.75, 3.05) is 6.61 Å². The molecule has 0 saturated heterocycles. The van der Waals surface area contributed by atoms with Crippen LogP contribution in [-0.4, -0.2) is 13.1 Å². The number of allylic oxidation sites excluding steroid dienone is 3. The normalized spacial score (nSPS) is 12.0. The highest BCUT2D eigenvalue weighted by Crippen LogP contribution is 1.92. The fourth-order valence-corrected chi connectivity index (χ4v) is 0.474. The maximum Gasteiger partial charge on any atom is 0.293 e. The summed E-state index contributed by atoms with van der Waals surface area (Å²) in [5.41, 5.74) is 1.03. The van der Waals surface area contributed by atoms with Crippen LogP contribution < -0.4 is 0 Å². The van der Waals surface area contributed by atoms with Gasteiger partial charge in [0.05, 0.1) is 0 Å². The molecule has 2 heteroatoms. The molecule has 0 unspecified atom stereocenters. The minimum Gasteiger partial charge on any atom is -0.463 e. The molecule has 0 aliphatic carbocycles. The Labute approximate surface area is 61.2 Å². The second-order valence-electron chi connectivity index (χ2n) is 1.95. The molecule has 0 fully saturated rings. The van der Waals surface area contributed by atoms with E-state index in [4.69, 9.17) is 0 Å². The zero-order valence-corrected chi connectivity index (χ0v) is 6.33. The highest BCUT2D eigenvalue weighted by molar-refractivity contribution is 5.37. The van der Waals surface area contributed by atoms with Crippen molar-refractivity contribution in [3.05, 3.63) is 23.8 Å². The van der Waals surface area contributed by atoms with Crippen molar-refractivity contribution in [2.24, 2.45) is 0 Å². The van der Waals surface area contributed by atoms with Crippen LogP contribution in [0.5, 0.6) is 0 Å². The molecule has 10 heavy (non-hydrogen) atoms. The van der Waals surface area contributed by atoms with Crippen molar-refractivity contribution in [3.63, 3.8) is 0 Å². The summed E-state index contributed by atoms with van der Waals surface area (Å²) in [6.45, 7) is 4.68. The minimum atomic E-state index is 0.383. The van der Waals surface area contributed by atoms with E-state index in [9.17, 15) is 4.79 Å². The molecule has 0 aromatic carbocycles. The van der Waals surface area contributed by atoms with Gasteiger partial charge in [-0.2, -0.15) is 0 Å². The molecule has 2 nitrogen and oxygen atoms in total. The Hall–Kier alpha value is -1.05. The van der Waals surface area contributed by atoms with Gasteiger partial charge >= 0.3 is 0 Å². The Morgan fingerprint density at radius 2 is 2.30 bits per heavy atom. The Morgan fingerprint density at radius 1 is 1.60 bits per heavy atom. The molecule has 0 heterocycles. The van der Waals surface area contributed by atoms with Crippen LogP contribution in [0.4, 0.5) is 0 Å². The molecule has 0 radical (unpaired) electrons. The van der Waals surface area contributed by atoms with Gasteiger partial charge < -0.3 is 4.74 Å². The van der Waals surface area contributed by atoms with Gasteiger partial charge in [0, 0.05) is 0 Å². The van der Waals surface area contributed by atoms with E-state index in [1.165, 1.54) is 0 Å². The van der Waals surface area contributed by atoms with Gasteiger partial charge in [0.1, 0.15) is 6.61 Å². The predicted octanol–water partition coefficient (Wildman–Crippen LogP) is 1.68. The summed E-state index contributed by atoms with van der Waals surface area (Å²) in [6, 6.07) is 0. The Kier molecular flexibility index (Phi) is 5.44. The molecule has 56 valence electrons. The van der Waals surface area contributed by atoms with Gasteiger partial charge in [-0.25, -0.2) is 0 Å². The van der Waals surface area contributed by atoms with Gasteiger partial charge in [0.2, 0.25) is 0 Å². The van der Waals surface area contributed by atoms with E-state index in [-0.39, 0.29) is 0 Å². The van der Waals surface area contributed by atoms with Crippen molar-refractivity contribution in [1.82, 2.24) is 0 Å². The van der Waals surface area contributed by atoms with Crippen LogP contribution in [0.15, 0.2) is 23.8 Å². The highest BCUT2D eigenvalue weighted by Gasteiger charge is 1.84. The van der Waals surface area contributed by atoms with E-state index in [1.807, 2.05) is 32.1 Å². The summed E-state index contributed by atoms with van der Waals surface area (Å²) in [7, 11) is 0. The summed E-state index contributed by atoms with van der Waals surface area (Å²) >= 11 is 0. The van der Waals surface area contributed by atoms with E-state index in [0.717, 1.165) is 5.57 Å². The Balaban J connectivity index is 3.59. The molecule has 0 amide bonds. The third-order valence-corrected chi connectivity index (χ3v) is 0.952. The van der Waals surface area contributed by atoms with Crippen molar-refractivity contribution < 1.29 is 9.53 Å². The molecule has 0 aromatic heterocycles. The molecule has 0 bridgehead atoms. The fourth-order valence-electron chi connectivity index (χ4n) is 0.474. The lowest BCUT2D eigenvalue weighted by Crippen LogP contribution is -1.91. The SMILES string of the molecule is C/C=C\C=C(/C)COC=O. The largest absolute Gasteiger partial charge is 0.463 e. The van der Waals surface area contributed by atoms with Gasteiger partial charge in [0.15, 0.2) is 0 Å². The maximum atomic E-state index is 9.72. The average Bonchev–Trinajstić information content (AvgIpc) is 1.97. The standard InChI is InChI=1S/C8H12O2/c1-3-4-5-8(2)6-10-7-9/h3-5,7H,6H2,1-2H3/b4-3-,8-5+. The lowest BCUT2D eigenvalue weighted by Gasteiger charge is -1.95. The first-order valence-corrected chi connectivity index (χ1v) is 3.15.